The van der Waals surface area contributed by atoms with E-state index in [9.17, 15) is 0 Å². The van der Waals surface area contributed by atoms with Crippen LogP contribution < -0.4 is 10.5 Å². The van der Waals surface area contributed by atoms with Gasteiger partial charge in [0, 0.05) is 10.5 Å². The van der Waals surface area contributed by atoms with Crippen LogP contribution in [0.1, 0.15) is 51.1 Å². The molecule has 3 heteroatoms. The number of benzene rings is 1. The summed E-state index contributed by atoms with van der Waals surface area (Å²) in [5.74, 6) is 1.42. The number of ether oxygens (including phenoxy) is 1. The van der Waals surface area contributed by atoms with E-state index in [-0.39, 0.29) is 6.04 Å². The third kappa shape index (κ3) is 3.99. The van der Waals surface area contributed by atoms with E-state index in [4.69, 9.17) is 10.5 Å². The van der Waals surface area contributed by atoms with Crippen LogP contribution in [-0.2, 0) is 0 Å². The molecule has 0 bridgehead atoms. The molecule has 0 spiro atoms. The van der Waals surface area contributed by atoms with Crippen LogP contribution in [0.5, 0.6) is 5.75 Å². The number of halogens is 1. The molecule has 0 aromatic heterocycles. The first kappa shape index (κ1) is 15.5. The van der Waals surface area contributed by atoms with Crippen LogP contribution in [-0.4, -0.2) is 7.11 Å². The van der Waals surface area contributed by atoms with Gasteiger partial charge < -0.3 is 10.5 Å². The predicted molar refractivity (Wildman–Crippen MR) is 80.9 cm³/mol. The highest BCUT2D eigenvalue weighted by Crippen LogP contribution is 2.33. The van der Waals surface area contributed by atoms with Gasteiger partial charge in [0.15, 0.2) is 0 Å². The monoisotopic (exact) mass is 313 g/mol. The van der Waals surface area contributed by atoms with E-state index in [0.29, 0.717) is 5.92 Å². The number of hydrogen-bond acceptors (Lipinski definition) is 2. The summed E-state index contributed by atoms with van der Waals surface area (Å²) < 4.78 is 6.26. The van der Waals surface area contributed by atoms with E-state index in [2.05, 4.69) is 35.8 Å². The zero-order chi connectivity index (χ0) is 13.5. The summed E-state index contributed by atoms with van der Waals surface area (Å²) >= 11 is 3.60. The van der Waals surface area contributed by atoms with Crippen LogP contribution in [0.2, 0.25) is 0 Å². The molecule has 0 fully saturated rings. The minimum atomic E-state index is 0.102. The second-order valence-corrected chi connectivity index (χ2v) is 5.60. The first-order valence-corrected chi connectivity index (χ1v) is 7.52. The highest BCUT2D eigenvalue weighted by Gasteiger charge is 2.20. The van der Waals surface area contributed by atoms with Crippen molar-refractivity contribution < 1.29 is 4.74 Å². The van der Waals surface area contributed by atoms with Gasteiger partial charge in [-0.1, -0.05) is 48.7 Å². The summed E-state index contributed by atoms with van der Waals surface area (Å²) in [6.07, 6.45) is 4.75. The Balaban J connectivity index is 2.89. The van der Waals surface area contributed by atoms with Gasteiger partial charge >= 0.3 is 0 Å². The molecule has 0 amide bonds. The molecule has 0 saturated heterocycles. The highest BCUT2D eigenvalue weighted by atomic mass is 79.9. The van der Waals surface area contributed by atoms with E-state index in [1.54, 1.807) is 7.11 Å². The van der Waals surface area contributed by atoms with Gasteiger partial charge in [0.25, 0.3) is 0 Å². The molecular weight excluding hydrogens is 290 g/mol. The van der Waals surface area contributed by atoms with Gasteiger partial charge in [-0.05, 0) is 36.5 Å². The molecule has 102 valence electrons. The van der Waals surface area contributed by atoms with Gasteiger partial charge in [-0.15, -0.1) is 0 Å². The third-order valence-corrected chi connectivity index (χ3v) is 4.08. The van der Waals surface area contributed by atoms with Gasteiger partial charge in [-0.25, -0.2) is 0 Å². The smallest absolute Gasteiger partial charge is 0.120 e. The largest absolute Gasteiger partial charge is 0.497 e. The first-order chi connectivity index (χ1) is 8.63. The Morgan fingerprint density at radius 2 is 1.83 bits per heavy atom. The van der Waals surface area contributed by atoms with Crippen LogP contribution in [0.15, 0.2) is 22.7 Å². The molecule has 1 aromatic carbocycles. The number of nitrogens with two attached hydrogens (primary N) is 1. The number of methoxy groups -OCH3 is 1. The molecule has 0 aliphatic heterocycles. The van der Waals surface area contributed by atoms with Crippen molar-refractivity contribution in [1.82, 2.24) is 0 Å². The van der Waals surface area contributed by atoms with Gasteiger partial charge in [0.2, 0.25) is 0 Å². The SMILES string of the molecule is CCCC(CCC)C(N)c1ccc(OC)cc1Br. The first-order valence-electron chi connectivity index (χ1n) is 6.73. The molecule has 1 aromatic rings. The van der Waals surface area contributed by atoms with Crippen LogP contribution in [0.3, 0.4) is 0 Å². The Hall–Kier alpha value is -0.540. The van der Waals surface area contributed by atoms with Gasteiger partial charge in [0.05, 0.1) is 7.11 Å². The zero-order valence-corrected chi connectivity index (χ0v) is 13.2. The van der Waals surface area contributed by atoms with Gasteiger partial charge in [0.1, 0.15) is 5.75 Å². The van der Waals surface area contributed by atoms with Gasteiger partial charge in [-0.3, -0.25) is 0 Å². The topological polar surface area (TPSA) is 35.2 Å². The molecule has 0 radical (unpaired) electrons. The van der Waals surface area contributed by atoms with Crippen LogP contribution in [0.25, 0.3) is 0 Å². The van der Waals surface area contributed by atoms with E-state index < -0.39 is 0 Å². The van der Waals surface area contributed by atoms with Crippen molar-refractivity contribution in [1.29, 1.82) is 0 Å². The standard InChI is InChI=1S/C15H24BrNO/c1-4-6-11(7-5-2)15(17)13-9-8-12(18-3)10-14(13)16/h8-11,15H,4-7,17H2,1-3H3. The maximum atomic E-state index is 6.43. The third-order valence-electron chi connectivity index (χ3n) is 3.39. The summed E-state index contributed by atoms with van der Waals surface area (Å²) in [6, 6.07) is 6.15. The normalized spacial score (nSPS) is 12.8. The molecule has 0 aliphatic carbocycles. The zero-order valence-electron chi connectivity index (χ0n) is 11.6. The van der Waals surface area contributed by atoms with E-state index >= 15 is 0 Å². The fraction of sp³-hybridized carbons (Fsp3) is 0.600. The lowest BCUT2D eigenvalue weighted by atomic mass is 9.87. The van der Waals surface area contributed by atoms with E-state index in [0.717, 1.165) is 10.2 Å². The van der Waals surface area contributed by atoms with Crippen LogP contribution >= 0.6 is 15.9 Å². The lowest BCUT2D eigenvalue weighted by Crippen LogP contribution is -2.21. The van der Waals surface area contributed by atoms with Gasteiger partial charge in [-0.2, -0.15) is 0 Å². The molecule has 0 saturated carbocycles. The Morgan fingerprint density at radius 1 is 1.22 bits per heavy atom. The average molecular weight is 314 g/mol. The summed E-state index contributed by atoms with van der Waals surface area (Å²) in [5, 5.41) is 0. The van der Waals surface area contributed by atoms with Crippen molar-refractivity contribution >= 4 is 15.9 Å². The second kappa shape index (κ2) is 7.80. The fourth-order valence-corrected chi connectivity index (χ4v) is 3.03. The molecule has 2 N–H and O–H groups in total. The summed E-state index contributed by atoms with van der Waals surface area (Å²) in [7, 11) is 1.68. The summed E-state index contributed by atoms with van der Waals surface area (Å²) in [5.41, 5.74) is 7.62. The molecule has 0 aliphatic rings. The Bertz CT molecular complexity index is 362. The number of hydrogen-bond donors (Lipinski definition) is 1. The van der Waals surface area contributed by atoms with Crippen molar-refractivity contribution in [3.63, 3.8) is 0 Å². The Labute approximate surface area is 119 Å². The lowest BCUT2D eigenvalue weighted by Gasteiger charge is -2.24. The Kier molecular flexibility index (Phi) is 6.72. The lowest BCUT2D eigenvalue weighted by molar-refractivity contribution is 0.367. The highest BCUT2D eigenvalue weighted by molar-refractivity contribution is 9.10. The van der Waals surface area contributed by atoms with Crippen molar-refractivity contribution in [2.24, 2.45) is 11.7 Å². The molecule has 0 heterocycles. The molecule has 18 heavy (non-hydrogen) atoms. The summed E-state index contributed by atoms with van der Waals surface area (Å²) in [4.78, 5) is 0. The number of rotatable bonds is 7. The van der Waals surface area contributed by atoms with Crippen LogP contribution in [0.4, 0.5) is 0 Å². The van der Waals surface area contributed by atoms with E-state index in [1.165, 1.54) is 31.2 Å². The van der Waals surface area contributed by atoms with E-state index in [1.807, 2.05) is 12.1 Å². The molecular formula is C15H24BrNO. The Morgan fingerprint density at radius 3 is 2.28 bits per heavy atom. The summed E-state index contributed by atoms with van der Waals surface area (Å²) in [6.45, 7) is 4.44. The quantitative estimate of drug-likeness (QED) is 0.793. The minimum Gasteiger partial charge on any atom is -0.497 e. The van der Waals surface area contributed by atoms with Crippen molar-refractivity contribution in [3.05, 3.63) is 28.2 Å². The van der Waals surface area contributed by atoms with Crippen molar-refractivity contribution in [2.75, 3.05) is 7.11 Å². The predicted octanol–water partition coefficient (Wildman–Crippen LogP) is 4.67. The molecule has 2 nitrogen and oxygen atoms in total. The molecule has 1 rings (SSSR count). The molecule has 1 unspecified atom stereocenters. The average Bonchev–Trinajstić information content (AvgIpc) is 2.37. The van der Waals surface area contributed by atoms with Crippen molar-refractivity contribution in [3.8, 4) is 5.75 Å². The van der Waals surface area contributed by atoms with Crippen molar-refractivity contribution in [2.45, 2.75) is 45.6 Å². The second-order valence-electron chi connectivity index (χ2n) is 4.75. The maximum Gasteiger partial charge on any atom is 0.120 e. The maximum absolute atomic E-state index is 6.43. The molecule has 1 atom stereocenters. The fourth-order valence-electron chi connectivity index (χ4n) is 2.40. The van der Waals surface area contributed by atoms with Crippen LogP contribution in [0, 0.1) is 5.92 Å². The minimum absolute atomic E-state index is 0.102.